The minimum Gasteiger partial charge on any atom is -0.493 e. The summed E-state index contributed by atoms with van der Waals surface area (Å²) < 4.78 is 58.4. The lowest BCUT2D eigenvalue weighted by Crippen LogP contribution is -2.38. The second-order valence-corrected chi connectivity index (χ2v) is 14.0. The number of hydrogen-bond donors (Lipinski definition) is 3. The predicted molar refractivity (Wildman–Crippen MR) is 172 cm³/mol. The van der Waals surface area contributed by atoms with Gasteiger partial charge in [0.25, 0.3) is 5.91 Å². The Morgan fingerprint density at radius 1 is 1.02 bits per heavy atom. The van der Waals surface area contributed by atoms with Gasteiger partial charge in [0.1, 0.15) is 6.04 Å². The number of sulfone groups is 1. The van der Waals surface area contributed by atoms with Crippen LogP contribution < -0.4 is 25.4 Å². The number of benzene rings is 3. The maximum atomic E-state index is 15.8. The number of carbonyl (C=O) groups excluding carboxylic acids is 3. The van der Waals surface area contributed by atoms with Crippen LogP contribution in [-0.2, 0) is 25.9 Å². The lowest BCUT2D eigenvalue weighted by molar-refractivity contribution is -0.133. The highest BCUT2D eigenvalue weighted by molar-refractivity contribution is 7.92. The van der Waals surface area contributed by atoms with E-state index in [0.29, 0.717) is 46.7 Å². The summed E-state index contributed by atoms with van der Waals surface area (Å²) in [6.45, 7) is 3.61. The van der Waals surface area contributed by atoms with E-state index in [0.717, 1.165) is 0 Å². The van der Waals surface area contributed by atoms with Gasteiger partial charge in [0.15, 0.2) is 27.2 Å². The lowest BCUT2D eigenvalue weighted by Gasteiger charge is -2.32. The van der Waals surface area contributed by atoms with Crippen molar-refractivity contribution in [2.24, 2.45) is 0 Å². The summed E-state index contributed by atoms with van der Waals surface area (Å²) >= 11 is 0. The summed E-state index contributed by atoms with van der Waals surface area (Å²) in [7, 11) is 0.324. The summed E-state index contributed by atoms with van der Waals surface area (Å²) in [5, 5.41) is 7.45. The van der Waals surface area contributed by atoms with Crippen LogP contribution in [0.2, 0.25) is 0 Å². The Balaban J connectivity index is 1.61. The molecule has 1 fully saturated rings. The quantitative estimate of drug-likeness (QED) is 0.272. The molecule has 14 heteroatoms. The smallest absolute Gasteiger partial charge is 0.411 e. The molecule has 2 aliphatic rings. The van der Waals surface area contributed by atoms with Crippen LogP contribution in [0.25, 0.3) is 0 Å². The highest BCUT2D eigenvalue weighted by atomic mass is 32.2. The van der Waals surface area contributed by atoms with E-state index >= 15 is 4.39 Å². The van der Waals surface area contributed by atoms with Crippen molar-refractivity contribution in [3.8, 4) is 11.5 Å². The molecule has 2 unspecified atom stereocenters. The molecular formula is C33H37FN4O8S. The maximum Gasteiger partial charge on any atom is 0.411 e. The first-order valence-electron chi connectivity index (χ1n) is 15.0. The van der Waals surface area contributed by atoms with Crippen molar-refractivity contribution in [2.75, 3.05) is 38.5 Å². The molecule has 2 heterocycles. The average molecular weight is 669 g/mol. The summed E-state index contributed by atoms with van der Waals surface area (Å²) in [6.07, 6.45) is 0.246. The molecule has 47 heavy (non-hydrogen) atoms. The fraction of sp³-hybridized carbons (Fsp3) is 0.364. The third kappa shape index (κ3) is 6.42. The highest BCUT2D eigenvalue weighted by Gasteiger charge is 2.39. The monoisotopic (exact) mass is 668 g/mol. The third-order valence-corrected chi connectivity index (χ3v) is 10.7. The van der Waals surface area contributed by atoms with E-state index in [1.54, 1.807) is 49.1 Å². The number of nitrogens with zero attached hydrogens (tertiary/aromatic N) is 1. The van der Waals surface area contributed by atoms with Crippen molar-refractivity contribution in [1.82, 2.24) is 10.2 Å². The van der Waals surface area contributed by atoms with Crippen LogP contribution in [0.15, 0.2) is 53.4 Å². The van der Waals surface area contributed by atoms with Crippen LogP contribution in [0.4, 0.5) is 20.6 Å². The van der Waals surface area contributed by atoms with Gasteiger partial charge in [-0.05, 0) is 79.8 Å². The summed E-state index contributed by atoms with van der Waals surface area (Å²) in [4.78, 5) is 40.7. The number of fused-ring (bicyclic) bond motifs is 1. The van der Waals surface area contributed by atoms with Crippen molar-refractivity contribution in [1.29, 1.82) is 0 Å². The van der Waals surface area contributed by atoms with Gasteiger partial charge in [-0.1, -0.05) is 12.1 Å². The lowest BCUT2D eigenvalue weighted by atomic mass is 10.00. The Morgan fingerprint density at radius 3 is 2.45 bits per heavy atom. The molecule has 3 N–H and O–H groups in total. The average Bonchev–Trinajstić information content (AvgIpc) is 3.71. The van der Waals surface area contributed by atoms with E-state index in [-0.39, 0.29) is 29.2 Å². The Labute approximate surface area is 272 Å². The number of amides is 3. The number of ether oxygens (including phenoxy) is 3. The first kappa shape index (κ1) is 33.5. The second-order valence-electron chi connectivity index (χ2n) is 11.5. The molecule has 12 nitrogen and oxygen atoms in total. The zero-order chi connectivity index (χ0) is 34.0. The number of likely N-dealkylation sites (tertiary alicyclic amines) is 1. The maximum absolute atomic E-state index is 15.8. The standard InChI is InChI=1S/C33H37FN4O8S/c1-18(2)47(42,43)27-13-10-21(36-33(41)46-5)16-22(27)24-7-6-14-38(24)32(40)30(19-9-12-25(44-3)26(15-19)45-4)37-23-11-8-20-17-35-31(39)28(20)29(23)34/h8-13,15-16,18,24,30,37H,6-7,14,17H2,1-5H3,(H,35,39)(H,36,41). The minimum atomic E-state index is -3.81. The van der Waals surface area contributed by atoms with Crippen molar-refractivity contribution >= 4 is 39.1 Å². The molecule has 0 aliphatic carbocycles. The molecule has 0 spiro atoms. The molecule has 250 valence electrons. The number of rotatable bonds is 10. The molecule has 3 amide bonds. The molecule has 3 aromatic carbocycles. The van der Waals surface area contributed by atoms with Crippen LogP contribution >= 0.6 is 0 Å². The van der Waals surface area contributed by atoms with Gasteiger partial charge in [-0.25, -0.2) is 17.6 Å². The van der Waals surface area contributed by atoms with Gasteiger partial charge in [-0.3, -0.25) is 14.9 Å². The van der Waals surface area contributed by atoms with Crippen molar-refractivity contribution in [3.63, 3.8) is 0 Å². The summed E-state index contributed by atoms with van der Waals surface area (Å²) in [6, 6.07) is 10.5. The largest absolute Gasteiger partial charge is 0.493 e. The second kappa shape index (κ2) is 13.5. The van der Waals surface area contributed by atoms with E-state index in [9.17, 15) is 22.8 Å². The van der Waals surface area contributed by atoms with Gasteiger partial charge in [0.05, 0.1) is 48.8 Å². The van der Waals surface area contributed by atoms with Gasteiger partial charge < -0.3 is 29.7 Å². The number of methoxy groups -OCH3 is 3. The summed E-state index contributed by atoms with van der Waals surface area (Å²) in [5.41, 5.74) is 1.40. The Morgan fingerprint density at radius 2 is 1.77 bits per heavy atom. The number of carbonyl (C=O) groups is 3. The third-order valence-electron chi connectivity index (χ3n) is 8.45. The number of nitrogens with one attached hydrogen (secondary N) is 3. The van der Waals surface area contributed by atoms with E-state index in [2.05, 4.69) is 16.0 Å². The molecule has 5 rings (SSSR count). The van der Waals surface area contributed by atoms with Crippen LogP contribution in [0.5, 0.6) is 11.5 Å². The first-order valence-corrected chi connectivity index (χ1v) is 16.6. The van der Waals surface area contributed by atoms with Crippen LogP contribution in [0.3, 0.4) is 0 Å². The van der Waals surface area contributed by atoms with E-state index in [1.807, 2.05) is 0 Å². The molecule has 0 aromatic heterocycles. The van der Waals surface area contributed by atoms with E-state index in [4.69, 9.17) is 14.2 Å². The number of hydrogen-bond acceptors (Lipinski definition) is 9. The fourth-order valence-electron chi connectivity index (χ4n) is 5.95. The van der Waals surface area contributed by atoms with Crippen LogP contribution in [0, 0.1) is 5.82 Å². The van der Waals surface area contributed by atoms with Crippen molar-refractivity contribution < 1.29 is 41.4 Å². The van der Waals surface area contributed by atoms with E-state index in [1.165, 1.54) is 39.5 Å². The summed E-state index contributed by atoms with van der Waals surface area (Å²) in [5.74, 6) is -1.05. The molecular weight excluding hydrogens is 631 g/mol. The molecule has 0 bridgehead atoms. The van der Waals surface area contributed by atoms with E-state index < -0.39 is 50.9 Å². The Kier molecular flexibility index (Phi) is 9.61. The zero-order valence-corrected chi connectivity index (χ0v) is 27.5. The van der Waals surface area contributed by atoms with Crippen molar-refractivity contribution in [2.45, 2.75) is 55.5 Å². The Bertz CT molecular complexity index is 1830. The molecule has 2 atom stereocenters. The fourth-order valence-corrected chi connectivity index (χ4v) is 7.24. The highest BCUT2D eigenvalue weighted by Crippen LogP contribution is 2.41. The van der Waals surface area contributed by atoms with Gasteiger partial charge in [-0.15, -0.1) is 0 Å². The molecule has 0 saturated carbocycles. The first-order chi connectivity index (χ1) is 22.4. The van der Waals surface area contributed by atoms with Crippen LogP contribution in [0.1, 0.15) is 65.8 Å². The van der Waals surface area contributed by atoms with Gasteiger partial charge >= 0.3 is 6.09 Å². The molecule has 1 saturated heterocycles. The normalized spacial score (nSPS) is 16.4. The van der Waals surface area contributed by atoms with Gasteiger partial charge in [0, 0.05) is 18.8 Å². The number of anilines is 2. The van der Waals surface area contributed by atoms with Gasteiger partial charge in [-0.2, -0.15) is 0 Å². The molecule has 0 radical (unpaired) electrons. The topological polar surface area (TPSA) is 152 Å². The van der Waals surface area contributed by atoms with Crippen LogP contribution in [-0.4, -0.2) is 64.3 Å². The SMILES string of the molecule is COC(=O)Nc1ccc(S(=O)(=O)C(C)C)c(C2CCCN2C(=O)C(Nc2ccc3c(c2F)C(=O)NC3)c2ccc(OC)c(OC)c2)c1. The molecule has 2 aliphatic heterocycles. The Hall–Kier alpha value is -4.85. The number of halogens is 1. The molecule has 3 aromatic rings. The zero-order valence-electron chi connectivity index (χ0n) is 26.7. The predicted octanol–water partition coefficient (Wildman–Crippen LogP) is 4.96. The van der Waals surface area contributed by atoms with Crippen molar-refractivity contribution in [3.05, 3.63) is 76.6 Å². The minimum absolute atomic E-state index is 0.0407. The van der Waals surface area contributed by atoms with Gasteiger partial charge in [0.2, 0.25) is 5.91 Å².